The van der Waals surface area contributed by atoms with Gasteiger partial charge in [-0.05, 0) is 68.7 Å². The largest absolute Gasteiger partial charge is 0.478 e. The van der Waals surface area contributed by atoms with E-state index in [9.17, 15) is 14.2 Å². The van der Waals surface area contributed by atoms with Crippen LogP contribution in [0.2, 0.25) is 0 Å². The zero-order chi connectivity index (χ0) is 23.8. The minimum Gasteiger partial charge on any atom is -0.460 e. The zero-order valence-electron chi connectivity index (χ0n) is 20.2. The number of esters is 1. The Balaban J connectivity index is 4.88. The number of ether oxygens (including phenoxy) is 2. The Labute approximate surface area is 181 Å². The minimum atomic E-state index is -3.99. The predicted molar refractivity (Wildman–Crippen MR) is 114 cm³/mol. The quantitative estimate of drug-likeness (QED) is 0.250. The van der Waals surface area contributed by atoms with Crippen molar-refractivity contribution in [2.75, 3.05) is 19.9 Å². The molecular formula is C20H40NO8P. The maximum absolute atomic E-state index is 12.9. The highest BCUT2D eigenvalue weighted by molar-refractivity contribution is 7.48. The van der Waals surface area contributed by atoms with E-state index < -0.39 is 43.5 Å². The van der Waals surface area contributed by atoms with Gasteiger partial charge >= 0.3 is 19.9 Å². The lowest BCUT2D eigenvalue weighted by Crippen LogP contribution is -2.36. The van der Waals surface area contributed by atoms with E-state index in [1.165, 1.54) is 4.90 Å². The van der Waals surface area contributed by atoms with Gasteiger partial charge in [0.05, 0.1) is 17.6 Å². The Morgan fingerprint density at radius 1 is 0.833 bits per heavy atom. The van der Waals surface area contributed by atoms with Gasteiger partial charge < -0.3 is 14.4 Å². The number of amides is 1. The highest BCUT2D eigenvalue weighted by Gasteiger charge is 2.37. The lowest BCUT2D eigenvalue weighted by atomic mass is 10.2. The summed E-state index contributed by atoms with van der Waals surface area (Å²) in [7, 11) is -3.99. The summed E-state index contributed by atoms with van der Waals surface area (Å²) in [5.41, 5.74) is -2.19. The molecule has 0 saturated carbocycles. The molecule has 0 aliphatic rings. The molecule has 0 N–H and O–H groups in total. The fourth-order valence-corrected chi connectivity index (χ4v) is 3.82. The topological polar surface area (TPSA) is 101 Å². The molecule has 178 valence electrons. The Morgan fingerprint density at radius 2 is 1.33 bits per heavy atom. The predicted octanol–water partition coefficient (Wildman–Crippen LogP) is 5.28. The number of hydrogen-bond donors (Lipinski definition) is 0. The van der Waals surface area contributed by atoms with Crippen molar-refractivity contribution in [3.05, 3.63) is 0 Å². The van der Waals surface area contributed by atoms with Gasteiger partial charge in [-0.15, -0.1) is 0 Å². The average molecular weight is 454 g/mol. The molecule has 1 amide bonds. The Hall–Kier alpha value is -1.15. The van der Waals surface area contributed by atoms with Crippen molar-refractivity contribution >= 4 is 19.9 Å². The number of phosphoric acid groups is 1. The van der Waals surface area contributed by atoms with Crippen LogP contribution in [0.5, 0.6) is 0 Å². The van der Waals surface area contributed by atoms with Crippen LogP contribution in [0.1, 0.15) is 82.1 Å². The Kier molecular flexibility index (Phi) is 11.0. The van der Waals surface area contributed by atoms with Crippen LogP contribution in [-0.4, -0.2) is 53.6 Å². The van der Waals surface area contributed by atoms with E-state index >= 15 is 0 Å². The summed E-state index contributed by atoms with van der Waals surface area (Å²) in [4.78, 5) is 25.7. The molecule has 0 atom stereocenters. The lowest BCUT2D eigenvalue weighted by molar-refractivity contribution is -0.155. The monoisotopic (exact) mass is 453 g/mol. The molecule has 0 aromatic rings. The van der Waals surface area contributed by atoms with Gasteiger partial charge in [0.25, 0.3) is 0 Å². The van der Waals surface area contributed by atoms with E-state index in [4.69, 9.17) is 23.0 Å². The summed E-state index contributed by atoms with van der Waals surface area (Å²) in [6.45, 7) is 17.4. The summed E-state index contributed by atoms with van der Waals surface area (Å²) in [5.74, 6) is -0.408. The van der Waals surface area contributed by atoms with Crippen LogP contribution in [-0.2, 0) is 32.4 Å². The molecule has 10 heteroatoms. The summed E-state index contributed by atoms with van der Waals surface area (Å²) in [6.07, 6.45) is 0.00755. The fourth-order valence-electron chi connectivity index (χ4n) is 2.16. The minimum absolute atomic E-state index is 0.0337. The van der Waals surface area contributed by atoms with Gasteiger partial charge in [0.1, 0.15) is 5.60 Å². The van der Waals surface area contributed by atoms with Crippen LogP contribution >= 0.6 is 7.82 Å². The molecule has 0 aliphatic heterocycles. The third kappa shape index (κ3) is 14.8. The Morgan fingerprint density at radius 3 is 1.73 bits per heavy atom. The second kappa shape index (κ2) is 11.5. The van der Waals surface area contributed by atoms with Gasteiger partial charge in [0.2, 0.25) is 6.79 Å². The summed E-state index contributed by atoms with van der Waals surface area (Å²) in [6, 6.07) is 0. The first-order chi connectivity index (χ1) is 13.4. The maximum atomic E-state index is 12.9. The molecule has 0 aromatic heterocycles. The highest BCUT2D eigenvalue weighted by atomic mass is 31.2. The second-order valence-electron chi connectivity index (χ2n) is 9.84. The highest BCUT2D eigenvalue weighted by Crippen LogP contribution is 2.55. The molecule has 0 unspecified atom stereocenters. The Bertz CT molecular complexity index is 581. The van der Waals surface area contributed by atoms with Gasteiger partial charge in [-0.3, -0.25) is 13.8 Å². The number of nitrogens with zero attached hydrogens (tertiary/aromatic N) is 1. The number of carbonyl (C=O) groups excluding carboxylic acids is 2. The fraction of sp³-hybridized carbons (Fsp3) is 0.900. The van der Waals surface area contributed by atoms with E-state index in [1.54, 1.807) is 62.3 Å². The third-order valence-electron chi connectivity index (χ3n) is 2.92. The number of hydrogen-bond acceptors (Lipinski definition) is 8. The van der Waals surface area contributed by atoms with Gasteiger partial charge in [0, 0.05) is 13.1 Å². The van der Waals surface area contributed by atoms with E-state index in [2.05, 4.69) is 0 Å². The number of carbonyl (C=O) groups is 2. The summed E-state index contributed by atoms with van der Waals surface area (Å²) < 4.78 is 39.4. The zero-order valence-corrected chi connectivity index (χ0v) is 21.1. The molecule has 30 heavy (non-hydrogen) atoms. The van der Waals surface area contributed by atoms with Crippen molar-refractivity contribution in [2.24, 2.45) is 0 Å². The summed E-state index contributed by atoms with van der Waals surface area (Å²) >= 11 is 0. The van der Waals surface area contributed by atoms with E-state index in [0.717, 1.165) is 0 Å². The molecule has 0 bridgehead atoms. The normalized spacial score (nSPS) is 13.1. The number of rotatable bonds is 10. The van der Waals surface area contributed by atoms with Crippen LogP contribution in [0, 0.1) is 0 Å². The van der Waals surface area contributed by atoms with Gasteiger partial charge in [-0.1, -0.05) is 6.92 Å². The van der Waals surface area contributed by atoms with E-state index in [0.29, 0.717) is 13.0 Å². The van der Waals surface area contributed by atoms with Crippen molar-refractivity contribution in [1.29, 1.82) is 0 Å². The second-order valence-corrected chi connectivity index (χ2v) is 11.4. The average Bonchev–Trinajstić information content (AvgIpc) is 2.45. The first-order valence-corrected chi connectivity index (χ1v) is 11.6. The molecule has 0 heterocycles. The standard InChI is InChI=1S/C20H40NO8P/c1-11-13-21(14-12-16(22)27-18(2,3)4)17(23)25-15-26-30(24,28-19(5,6)7)29-20(8,9)10/h11-15H2,1-10H3. The molecule has 0 saturated heterocycles. The maximum Gasteiger partial charge on any atom is 0.478 e. The first-order valence-electron chi connectivity index (χ1n) is 10.2. The SMILES string of the molecule is CCCN(CCC(=O)OC(C)(C)C)C(=O)OCOP(=O)(OC(C)(C)C)OC(C)(C)C. The van der Waals surface area contributed by atoms with Crippen LogP contribution in [0.25, 0.3) is 0 Å². The molecule has 0 spiro atoms. The van der Waals surface area contributed by atoms with Crippen molar-refractivity contribution < 1.29 is 37.2 Å². The molecule has 9 nitrogen and oxygen atoms in total. The van der Waals surface area contributed by atoms with E-state index in [-0.39, 0.29) is 13.0 Å². The van der Waals surface area contributed by atoms with Gasteiger partial charge in [0.15, 0.2) is 0 Å². The van der Waals surface area contributed by atoms with Crippen molar-refractivity contribution in [2.45, 2.75) is 98.9 Å². The van der Waals surface area contributed by atoms with Crippen molar-refractivity contribution in [3.63, 3.8) is 0 Å². The molecule has 0 radical (unpaired) electrons. The smallest absolute Gasteiger partial charge is 0.460 e. The van der Waals surface area contributed by atoms with Crippen LogP contribution in [0.15, 0.2) is 0 Å². The van der Waals surface area contributed by atoms with Gasteiger partial charge in [-0.25, -0.2) is 13.9 Å². The third-order valence-corrected chi connectivity index (χ3v) is 4.89. The van der Waals surface area contributed by atoms with Crippen molar-refractivity contribution in [1.82, 2.24) is 4.90 Å². The van der Waals surface area contributed by atoms with Crippen molar-refractivity contribution in [3.8, 4) is 0 Å². The molecule has 0 aromatic carbocycles. The molecule has 0 rings (SSSR count). The first kappa shape index (κ1) is 28.9. The van der Waals surface area contributed by atoms with Crippen LogP contribution < -0.4 is 0 Å². The lowest BCUT2D eigenvalue weighted by Gasteiger charge is -2.30. The van der Waals surface area contributed by atoms with Crippen LogP contribution in [0.4, 0.5) is 4.79 Å². The van der Waals surface area contributed by atoms with Crippen LogP contribution in [0.3, 0.4) is 0 Å². The number of phosphoric ester groups is 1. The van der Waals surface area contributed by atoms with E-state index in [1.807, 2.05) is 6.92 Å². The summed E-state index contributed by atoms with van der Waals surface area (Å²) in [5, 5.41) is 0. The van der Waals surface area contributed by atoms with Gasteiger partial charge in [-0.2, -0.15) is 0 Å². The molecule has 0 aliphatic carbocycles. The molecule has 0 fully saturated rings. The molecular weight excluding hydrogens is 413 g/mol.